The molecule has 5 nitrogen and oxygen atoms in total. The van der Waals surface area contributed by atoms with E-state index in [1.165, 1.54) is 0 Å². The van der Waals surface area contributed by atoms with Crippen molar-refractivity contribution in [2.75, 3.05) is 18.5 Å². The molecule has 0 saturated heterocycles. The van der Waals surface area contributed by atoms with Crippen LogP contribution in [0.1, 0.15) is 44.6 Å². The first kappa shape index (κ1) is 21.2. The van der Waals surface area contributed by atoms with Gasteiger partial charge in [-0.15, -0.1) is 0 Å². The smallest absolute Gasteiger partial charge is 0.344 e. The van der Waals surface area contributed by atoms with Crippen LogP contribution in [0.5, 0.6) is 5.75 Å². The Labute approximate surface area is 176 Å². The van der Waals surface area contributed by atoms with Crippen LogP contribution in [0.15, 0.2) is 48.5 Å². The minimum absolute atomic E-state index is 0.000264. The van der Waals surface area contributed by atoms with Crippen molar-refractivity contribution in [1.82, 2.24) is 0 Å². The molecule has 1 fully saturated rings. The standard InChI is InChI=1S/C23H26ClNO4/c1-2-28-21(26)16-29-20-12-10-19(11-13-20)25-22(27)23(14-4-3-5-15-23)17-6-8-18(24)9-7-17/h6-13H,2-5,14-16H2,1H3,(H,25,27). The molecule has 0 aliphatic heterocycles. The molecular weight excluding hydrogens is 390 g/mol. The molecule has 154 valence electrons. The first-order valence-corrected chi connectivity index (χ1v) is 10.4. The Bertz CT molecular complexity index is 827. The molecule has 1 saturated carbocycles. The minimum atomic E-state index is -0.540. The molecule has 2 aromatic carbocycles. The third-order valence-corrected chi connectivity index (χ3v) is 5.56. The van der Waals surface area contributed by atoms with Crippen molar-refractivity contribution in [2.24, 2.45) is 0 Å². The lowest BCUT2D eigenvalue weighted by atomic mass is 9.68. The summed E-state index contributed by atoms with van der Waals surface area (Å²) in [5.41, 5.74) is 1.16. The van der Waals surface area contributed by atoms with Gasteiger partial charge in [0.1, 0.15) is 5.75 Å². The Balaban J connectivity index is 1.69. The number of rotatable bonds is 7. The fourth-order valence-electron chi connectivity index (χ4n) is 3.80. The number of amides is 1. The first-order chi connectivity index (χ1) is 14.0. The van der Waals surface area contributed by atoms with Crippen molar-refractivity contribution in [1.29, 1.82) is 0 Å². The zero-order chi connectivity index (χ0) is 20.7. The summed E-state index contributed by atoms with van der Waals surface area (Å²) in [6.07, 6.45) is 4.84. The summed E-state index contributed by atoms with van der Waals surface area (Å²) in [6.45, 7) is 1.93. The number of esters is 1. The topological polar surface area (TPSA) is 64.6 Å². The number of carbonyl (C=O) groups excluding carboxylic acids is 2. The Kier molecular flexibility index (Phi) is 7.15. The Morgan fingerprint density at radius 3 is 2.28 bits per heavy atom. The van der Waals surface area contributed by atoms with Crippen LogP contribution in [0, 0.1) is 0 Å². The maximum atomic E-state index is 13.3. The van der Waals surface area contributed by atoms with Crippen LogP contribution in [-0.4, -0.2) is 25.1 Å². The van der Waals surface area contributed by atoms with Crippen molar-refractivity contribution in [3.05, 3.63) is 59.1 Å². The third-order valence-electron chi connectivity index (χ3n) is 5.31. The van der Waals surface area contributed by atoms with Crippen LogP contribution in [0.25, 0.3) is 0 Å². The van der Waals surface area contributed by atoms with Crippen molar-refractivity contribution < 1.29 is 19.1 Å². The highest BCUT2D eigenvalue weighted by molar-refractivity contribution is 6.30. The molecule has 1 aliphatic carbocycles. The molecule has 1 N–H and O–H groups in total. The normalized spacial score (nSPS) is 15.4. The van der Waals surface area contributed by atoms with Gasteiger partial charge in [-0.1, -0.05) is 43.0 Å². The molecular formula is C23H26ClNO4. The Morgan fingerprint density at radius 1 is 1.00 bits per heavy atom. The van der Waals surface area contributed by atoms with Gasteiger partial charge in [0, 0.05) is 10.7 Å². The lowest BCUT2D eigenvalue weighted by molar-refractivity contribution is -0.145. The largest absolute Gasteiger partial charge is 0.482 e. The first-order valence-electron chi connectivity index (χ1n) is 9.99. The van der Waals surface area contributed by atoms with E-state index < -0.39 is 11.4 Å². The van der Waals surface area contributed by atoms with E-state index in [2.05, 4.69) is 5.32 Å². The number of benzene rings is 2. The highest BCUT2D eigenvalue weighted by Crippen LogP contribution is 2.41. The average Bonchev–Trinajstić information content (AvgIpc) is 2.74. The van der Waals surface area contributed by atoms with Crippen LogP contribution >= 0.6 is 11.6 Å². The fourth-order valence-corrected chi connectivity index (χ4v) is 3.93. The lowest BCUT2D eigenvalue weighted by Gasteiger charge is -2.36. The zero-order valence-corrected chi connectivity index (χ0v) is 17.3. The van der Waals surface area contributed by atoms with E-state index in [0.29, 0.717) is 23.1 Å². The molecule has 29 heavy (non-hydrogen) atoms. The SMILES string of the molecule is CCOC(=O)COc1ccc(NC(=O)C2(c3ccc(Cl)cc3)CCCCC2)cc1. The van der Waals surface area contributed by atoms with E-state index in [1.54, 1.807) is 31.2 Å². The molecule has 0 spiro atoms. The molecule has 2 aromatic rings. The second-order valence-electron chi connectivity index (χ2n) is 7.22. The second kappa shape index (κ2) is 9.79. The van der Waals surface area contributed by atoms with Crippen molar-refractivity contribution in [3.8, 4) is 5.75 Å². The summed E-state index contributed by atoms with van der Waals surface area (Å²) >= 11 is 6.04. The van der Waals surface area contributed by atoms with Gasteiger partial charge in [-0.2, -0.15) is 0 Å². The van der Waals surface area contributed by atoms with Crippen molar-refractivity contribution in [3.63, 3.8) is 0 Å². The van der Waals surface area contributed by atoms with Gasteiger partial charge in [0.2, 0.25) is 5.91 Å². The maximum Gasteiger partial charge on any atom is 0.344 e. The molecule has 3 rings (SSSR count). The third kappa shape index (κ3) is 5.30. The molecule has 0 heterocycles. The van der Waals surface area contributed by atoms with Crippen LogP contribution < -0.4 is 10.1 Å². The van der Waals surface area contributed by atoms with Gasteiger partial charge in [-0.05, 0) is 61.7 Å². The van der Waals surface area contributed by atoms with Crippen LogP contribution in [0.4, 0.5) is 5.69 Å². The van der Waals surface area contributed by atoms with Crippen molar-refractivity contribution in [2.45, 2.75) is 44.4 Å². The summed E-state index contributed by atoms with van der Waals surface area (Å²) in [6, 6.07) is 14.6. The zero-order valence-electron chi connectivity index (χ0n) is 16.6. The van der Waals surface area contributed by atoms with E-state index >= 15 is 0 Å². The number of nitrogens with one attached hydrogen (secondary N) is 1. The number of carbonyl (C=O) groups is 2. The quantitative estimate of drug-likeness (QED) is 0.637. The minimum Gasteiger partial charge on any atom is -0.482 e. The highest BCUT2D eigenvalue weighted by Gasteiger charge is 2.41. The van der Waals surface area contributed by atoms with Gasteiger partial charge in [-0.25, -0.2) is 4.79 Å². The van der Waals surface area contributed by atoms with Crippen molar-refractivity contribution >= 4 is 29.2 Å². The van der Waals surface area contributed by atoms with E-state index in [9.17, 15) is 9.59 Å². The number of ether oxygens (including phenoxy) is 2. The monoisotopic (exact) mass is 415 g/mol. The summed E-state index contributed by atoms with van der Waals surface area (Å²) in [5, 5.41) is 3.72. The maximum absolute atomic E-state index is 13.3. The molecule has 1 aliphatic rings. The van der Waals surface area contributed by atoms with E-state index in [1.807, 2.05) is 24.3 Å². The molecule has 0 unspecified atom stereocenters. The highest BCUT2D eigenvalue weighted by atomic mass is 35.5. The van der Waals surface area contributed by atoms with Crippen LogP contribution in [-0.2, 0) is 19.7 Å². The summed E-state index contributed by atoms with van der Waals surface area (Å²) in [5.74, 6) is 0.132. The van der Waals surface area contributed by atoms with Gasteiger partial charge in [0.25, 0.3) is 0 Å². The second-order valence-corrected chi connectivity index (χ2v) is 7.66. The molecule has 0 aromatic heterocycles. The van der Waals surface area contributed by atoms with Crippen LogP contribution in [0.3, 0.4) is 0 Å². The molecule has 6 heteroatoms. The number of halogens is 1. The molecule has 0 radical (unpaired) electrons. The Hall–Kier alpha value is -2.53. The molecule has 0 bridgehead atoms. The van der Waals surface area contributed by atoms with Gasteiger partial charge >= 0.3 is 5.97 Å². The summed E-state index contributed by atoms with van der Waals surface area (Å²) in [4.78, 5) is 24.7. The number of hydrogen-bond acceptors (Lipinski definition) is 4. The van der Waals surface area contributed by atoms with Gasteiger partial charge in [0.15, 0.2) is 6.61 Å². The van der Waals surface area contributed by atoms with E-state index in [-0.39, 0.29) is 12.5 Å². The predicted molar refractivity (Wildman–Crippen MR) is 113 cm³/mol. The fraction of sp³-hybridized carbons (Fsp3) is 0.391. The Morgan fingerprint density at radius 2 is 1.66 bits per heavy atom. The lowest BCUT2D eigenvalue weighted by Crippen LogP contribution is -2.42. The van der Waals surface area contributed by atoms with E-state index in [4.69, 9.17) is 21.1 Å². The number of hydrogen-bond donors (Lipinski definition) is 1. The predicted octanol–water partition coefficient (Wildman–Crippen LogP) is 5.12. The van der Waals surface area contributed by atoms with Gasteiger partial charge in [0.05, 0.1) is 12.0 Å². The van der Waals surface area contributed by atoms with Gasteiger partial charge in [-0.3, -0.25) is 4.79 Å². The molecule has 1 amide bonds. The summed E-state index contributed by atoms with van der Waals surface area (Å²) < 4.78 is 10.2. The number of anilines is 1. The molecule has 0 atom stereocenters. The van der Waals surface area contributed by atoms with Crippen LogP contribution in [0.2, 0.25) is 5.02 Å². The average molecular weight is 416 g/mol. The van der Waals surface area contributed by atoms with Gasteiger partial charge < -0.3 is 14.8 Å². The van der Waals surface area contributed by atoms with E-state index in [0.717, 1.165) is 37.7 Å². The summed E-state index contributed by atoms with van der Waals surface area (Å²) in [7, 11) is 0.